The zero-order chi connectivity index (χ0) is 23.5. The number of nitrogens with zero attached hydrogens (tertiary/aromatic N) is 4. The molecule has 1 aromatic carbocycles. The Morgan fingerprint density at radius 3 is 2.74 bits per heavy atom. The Labute approximate surface area is 198 Å². The molecule has 2 aliphatic heterocycles. The number of rotatable bonds is 6. The van der Waals surface area contributed by atoms with E-state index in [1.807, 2.05) is 9.47 Å². The lowest BCUT2D eigenvalue weighted by molar-refractivity contribution is 0.0724. The minimum atomic E-state index is -0.300. The fourth-order valence-electron chi connectivity index (χ4n) is 4.71. The van der Waals surface area contributed by atoms with Gasteiger partial charge in [-0.2, -0.15) is 0 Å². The van der Waals surface area contributed by atoms with Gasteiger partial charge in [0.15, 0.2) is 5.65 Å². The molecule has 2 fully saturated rings. The fourth-order valence-corrected chi connectivity index (χ4v) is 4.71. The number of ether oxygens (including phenoxy) is 1. The molecule has 178 valence electrons. The summed E-state index contributed by atoms with van der Waals surface area (Å²) in [5.41, 5.74) is 8.55. The van der Waals surface area contributed by atoms with Gasteiger partial charge in [-0.15, -0.1) is 0 Å². The first-order valence-electron chi connectivity index (χ1n) is 12.0. The quantitative estimate of drug-likeness (QED) is 0.542. The number of carbonyl (C=O) groups excluding carboxylic acids is 2. The van der Waals surface area contributed by atoms with E-state index >= 15 is 0 Å². The van der Waals surface area contributed by atoms with Gasteiger partial charge in [-0.1, -0.05) is 6.07 Å². The Morgan fingerprint density at radius 1 is 1.12 bits per heavy atom. The first-order valence-corrected chi connectivity index (χ1v) is 12.0. The molecule has 0 aliphatic carbocycles. The number of piperidine rings is 1. The molecule has 2 aromatic heterocycles. The number of amides is 2. The minimum Gasteiger partial charge on any atom is -0.399 e. The van der Waals surface area contributed by atoms with Crippen molar-refractivity contribution in [1.29, 1.82) is 0 Å². The smallest absolute Gasteiger partial charge is 0.258 e. The van der Waals surface area contributed by atoms with Crippen molar-refractivity contribution >= 4 is 34.6 Å². The predicted octanol–water partition coefficient (Wildman–Crippen LogP) is 3.46. The highest BCUT2D eigenvalue weighted by Gasteiger charge is 2.23. The van der Waals surface area contributed by atoms with Crippen molar-refractivity contribution in [3.05, 3.63) is 47.7 Å². The summed E-state index contributed by atoms with van der Waals surface area (Å²) < 4.78 is 7.68. The Morgan fingerprint density at radius 2 is 1.97 bits per heavy atom. The molecule has 4 heterocycles. The highest BCUT2D eigenvalue weighted by atomic mass is 16.5. The second-order valence-electron chi connectivity index (χ2n) is 9.01. The number of nitrogens with two attached hydrogens (primary N) is 1. The average Bonchev–Trinajstić information content (AvgIpc) is 3.50. The topological polar surface area (TPSA) is 115 Å². The molecule has 0 saturated carbocycles. The van der Waals surface area contributed by atoms with Gasteiger partial charge in [0.05, 0.1) is 11.7 Å². The number of carbonyl (C=O) groups is 2. The molecule has 0 spiro atoms. The monoisotopic (exact) mass is 462 g/mol. The van der Waals surface area contributed by atoms with Crippen LogP contribution < -0.4 is 11.1 Å². The largest absolute Gasteiger partial charge is 0.399 e. The van der Waals surface area contributed by atoms with Crippen molar-refractivity contribution in [2.75, 3.05) is 30.7 Å². The molecule has 1 unspecified atom stereocenters. The third kappa shape index (κ3) is 4.75. The summed E-state index contributed by atoms with van der Waals surface area (Å²) in [6.45, 7) is 2.93. The summed E-state index contributed by atoms with van der Waals surface area (Å²) in [6.07, 6.45) is 7.91. The van der Waals surface area contributed by atoms with E-state index in [1.54, 1.807) is 36.5 Å². The first-order chi connectivity index (χ1) is 16.6. The number of hydrogen-bond donors (Lipinski definition) is 2. The average molecular weight is 463 g/mol. The van der Waals surface area contributed by atoms with E-state index in [2.05, 4.69) is 15.3 Å². The van der Waals surface area contributed by atoms with Crippen LogP contribution in [0.5, 0.6) is 0 Å². The third-order valence-electron chi connectivity index (χ3n) is 6.55. The lowest BCUT2D eigenvalue weighted by atomic mass is 10.1. The summed E-state index contributed by atoms with van der Waals surface area (Å²) in [4.78, 5) is 37.0. The standard InChI is InChI=1S/C25H30N6O3/c26-19-7-4-6-17(14-19)23(32)29-25-28-21-15-18(24(33)30-10-2-1-3-11-30)16-27-22(21)31(25)12-9-20-8-5-13-34-20/h4,6-7,14-16,20H,1-3,5,8-13,26H2,(H,28,29,32). The Bertz CT molecular complexity index is 1190. The van der Waals surface area contributed by atoms with Crippen LogP contribution in [-0.4, -0.2) is 57.0 Å². The summed E-state index contributed by atoms with van der Waals surface area (Å²) >= 11 is 0. The van der Waals surface area contributed by atoms with Crippen molar-refractivity contribution in [3.63, 3.8) is 0 Å². The lowest BCUT2D eigenvalue weighted by Crippen LogP contribution is -2.35. The maximum Gasteiger partial charge on any atom is 0.258 e. The van der Waals surface area contributed by atoms with Crippen molar-refractivity contribution in [3.8, 4) is 0 Å². The number of anilines is 2. The van der Waals surface area contributed by atoms with E-state index in [4.69, 9.17) is 10.5 Å². The molecule has 0 radical (unpaired) electrons. The number of benzene rings is 1. The van der Waals surface area contributed by atoms with Crippen LogP contribution in [0.25, 0.3) is 11.2 Å². The number of aromatic nitrogens is 3. The van der Waals surface area contributed by atoms with E-state index in [0.29, 0.717) is 40.5 Å². The summed E-state index contributed by atoms with van der Waals surface area (Å²) in [5, 5.41) is 2.91. The number of aryl methyl sites for hydroxylation is 1. The molecule has 3 N–H and O–H groups in total. The van der Waals surface area contributed by atoms with Gasteiger partial charge in [-0.3, -0.25) is 19.5 Å². The second kappa shape index (κ2) is 9.80. The van der Waals surface area contributed by atoms with Crippen molar-refractivity contribution in [2.24, 2.45) is 0 Å². The highest BCUT2D eigenvalue weighted by Crippen LogP contribution is 2.24. The van der Waals surface area contributed by atoms with Crippen LogP contribution in [0.3, 0.4) is 0 Å². The van der Waals surface area contributed by atoms with E-state index in [1.165, 1.54) is 0 Å². The maximum atomic E-state index is 13.0. The van der Waals surface area contributed by atoms with Crippen LogP contribution >= 0.6 is 0 Å². The molecular formula is C25H30N6O3. The van der Waals surface area contributed by atoms with Crippen LogP contribution in [0, 0.1) is 0 Å². The number of hydrogen-bond acceptors (Lipinski definition) is 6. The van der Waals surface area contributed by atoms with Gasteiger partial charge in [-0.05, 0) is 62.8 Å². The Hall–Kier alpha value is -3.46. The Kier molecular flexibility index (Phi) is 6.44. The molecule has 5 rings (SSSR count). The maximum absolute atomic E-state index is 13.0. The number of fused-ring (bicyclic) bond motifs is 1. The van der Waals surface area contributed by atoms with Gasteiger partial charge in [-0.25, -0.2) is 9.97 Å². The molecule has 2 aliphatic rings. The van der Waals surface area contributed by atoms with E-state index in [9.17, 15) is 9.59 Å². The van der Waals surface area contributed by atoms with E-state index in [0.717, 1.165) is 58.2 Å². The summed E-state index contributed by atoms with van der Waals surface area (Å²) in [5.74, 6) is 0.0782. The molecule has 1 atom stereocenters. The van der Waals surface area contributed by atoms with Gasteiger partial charge >= 0.3 is 0 Å². The van der Waals surface area contributed by atoms with Crippen molar-refractivity contribution in [1.82, 2.24) is 19.4 Å². The first kappa shape index (κ1) is 22.3. The van der Waals surface area contributed by atoms with Gasteiger partial charge in [0.1, 0.15) is 5.52 Å². The predicted molar refractivity (Wildman–Crippen MR) is 130 cm³/mol. The van der Waals surface area contributed by atoms with Gasteiger partial charge in [0.25, 0.3) is 11.8 Å². The highest BCUT2D eigenvalue weighted by molar-refractivity contribution is 6.04. The van der Waals surface area contributed by atoms with Gasteiger partial charge in [0.2, 0.25) is 5.95 Å². The number of likely N-dealkylation sites (tertiary alicyclic amines) is 1. The van der Waals surface area contributed by atoms with Gasteiger partial charge in [0, 0.05) is 43.7 Å². The summed E-state index contributed by atoms with van der Waals surface area (Å²) in [6, 6.07) is 8.59. The van der Waals surface area contributed by atoms with Crippen LogP contribution in [-0.2, 0) is 11.3 Å². The molecule has 34 heavy (non-hydrogen) atoms. The van der Waals surface area contributed by atoms with E-state index in [-0.39, 0.29) is 17.9 Å². The van der Waals surface area contributed by atoms with E-state index < -0.39 is 0 Å². The number of imidazole rings is 1. The molecule has 9 heteroatoms. The molecule has 9 nitrogen and oxygen atoms in total. The van der Waals surface area contributed by atoms with Crippen LogP contribution in [0.2, 0.25) is 0 Å². The zero-order valence-electron chi connectivity index (χ0n) is 19.2. The zero-order valence-corrected chi connectivity index (χ0v) is 19.2. The minimum absolute atomic E-state index is 0.0200. The SMILES string of the molecule is Nc1cccc(C(=O)Nc2nc3cc(C(=O)N4CCCCC4)cnc3n2CCC2CCCO2)c1. The Balaban J connectivity index is 1.44. The normalized spacial score (nSPS) is 18.4. The third-order valence-corrected chi connectivity index (χ3v) is 6.55. The van der Waals surface area contributed by atoms with Crippen molar-refractivity contribution < 1.29 is 14.3 Å². The molecular weight excluding hydrogens is 432 g/mol. The number of pyridine rings is 1. The van der Waals surface area contributed by atoms with Crippen LogP contribution in [0.15, 0.2) is 36.5 Å². The molecule has 2 amide bonds. The molecule has 0 bridgehead atoms. The fraction of sp³-hybridized carbons (Fsp3) is 0.440. The van der Waals surface area contributed by atoms with Gasteiger partial charge < -0.3 is 15.4 Å². The van der Waals surface area contributed by atoms with Crippen LogP contribution in [0.4, 0.5) is 11.6 Å². The summed E-state index contributed by atoms with van der Waals surface area (Å²) in [7, 11) is 0. The second-order valence-corrected chi connectivity index (χ2v) is 9.01. The number of nitrogens with one attached hydrogen (secondary N) is 1. The molecule has 2 saturated heterocycles. The molecule has 3 aromatic rings. The van der Waals surface area contributed by atoms with Crippen molar-refractivity contribution in [2.45, 2.75) is 51.2 Å². The number of nitrogen functional groups attached to an aromatic ring is 1. The lowest BCUT2D eigenvalue weighted by Gasteiger charge is -2.26. The van der Waals surface area contributed by atoms with Crippen LogP contribution in [0.1, 0.15) is 59.2 Å².